The van der Waals surface area contributed by atoms with E-state index in [2.05, 4.69) is 12.2 Å². The summed E-state index contributed by atoms with van der Waals surface area (Å²) < 4.78 is 5.41. The van der Waals surface area contributed by atoms with Gasteiger partial charge in [0.25, 0.3) is 0 Å². The van der Waals surface area contributed by atoms with E-state index in [0.717, 1.165) is 6.61 Å². The first-order valence-corrected chi connectivity index (χ1v) is 3.55. The van der Waals surface area contributed by atoms with Crippen molar-refractivity contribution in [3.63, 3.8) is 0 Å². The fourth-order valence-electron chi connectivity index (χ4n) is 1.15. The largest absolute Gasteiger partial charge is 0.660 e. The Bertz CT molecular complexity index is 79.0. The van der Waals surface area contributed by atoms with Gasteiger partial charge in [-0.3, -0.25) is 0 Å². The minimum atomic E-state index is 0.396. The molecule has 1 fully saturated rings. The second-order valence-electron chi connectivity index (χ2n) is 2.55. The summed E-state index contributed by atoms with van der Waals surface area (Å²) in [6.07, 6.45) is 2.82. The Morgan fingerprint density at radius 3 is 2.89 bits per heavy atom. The lowest BCUT2D eigenvalue weighted by molar-refractivity contribution is 0.102. The summed E-state index contributed by atoms with van der Waals surface area (Å²) in [5, 5.41) is 4.15. The molecule has 0 aromatic rings. The minimum Gasteiger partial charge on any atom is -0.660 e. The molecule has 1 saturated heterocycles. The Morgan fingerprint density at radius 2 is 2.44 bits per heavy atom. The maximum absolute atomic E-state index is 5.41. The van der Waals surface area contributed by atoms with Crippen molar-refractivity contribution in [2.45, 2.75) is 31.9 Å². The van der Waals surface area contributed by atoms with Gasteiger partial charge in [-0.05, 0) is 12.8 Å². The first kappa shape index (κ1) is 7.03. The fourth-order valence-corrected chi connectivity index (χ4v) is 1.15. The van der Waals surface area contributed by atoms with Crippen molar-refractivity contribution in [3.8, 4) is 0 Å². The van der Waals surface area contributed by atoms with Gasteiger partial charge in [0.15, 0.2) is 0 Å². The molecule has 2 unspecified atom stereocenters. The summed E-state index contributed by atoms with van der Waals surface area (Å²) >= 11 is 0. The van der Waals surface area contributed by atoms with Crippen molar-refractivity contribution in [2.75, 3.05) is 13.7 Å². The van der Waals surface area contributed by atoms with Gasteiger partial charge in [-0.2, -0.15) is 7.05 Å². The van der Waals surface area contributed by atoms with E-state index < -0.39 is 0 Å². The number of likely N-dealkylation sites (N-methyl/N-ethyl adjacent to an activating group) is 1. The van der Waals surface area contributed by atoms with Crippen molar-refractivity contribution in [3.05, 3.63) is 5.32 Å². The molecule has 2 atom stereocenters. The van der Waals surface area contributed by atoms with Crippen LogP contribution in [0.3, 0.4) is 0 Å². The van der Waals surface area contributed by atoms with Crippen LogP contribution in [0.2, 0.25) is 0 Å². The van der Waals surface area contributed by atoms with Crippen LogP contribution in [0.1, 0.15) is 19.8 Å². The number of nitrogens with zero attached hydrogens (tertiary/aromatic N) is 1. The van der Waals surface area contributed by atoms with Gasteiger partial charge in [-0.25, -0.2) is 0 Å². The Labute approximate surface area is 56.6 Å². The van der Waals surface area contributed by atoms with Crippen molar-refractivity contribution >= 4 is 0 Å². The number of hydrogen-bond acceptors (Lipinski definition) is 1. The molecule has 0 amide bonds. The van der Waals surface area contributed by atoms with Crippen LogP contribution < -0.4 is 0 Å². The first-order valence-electron chi connectivity index (χ1n) is 3.55. The van der Waals surface area contributed by atoms with Crippen LogP contribution in [-0.4, -0.2) is 25.8 Å². The predicted molar refractivity (Wildman–Crippen MR) is 37.7 cm³/mol. The quantitative estimate of drug-likeness (QED) is 0.553. The van der Waals surface area contributed by atoms with Gasteiger partial charge in [0.1, 0.15) is 0 Å². The average Bonchev–Trinajstić information content (AvgIpc) is 2.37. The third kappa shape index (κ3) is 1.66. The lowest BCUT2D eigenvalue weighted by Gasteiger charge is -2.28. The molecule has 1 aliphatic rings. The van der Waals surface area contributed by atoms with E-state index in [1.165, 1.54) is 12.8 Å². The van der Waals surface area contributed by atoms with Gasteiger partial charge in [0.05, 0.1) is 0 Å². The van der Waals surface area contributed by atoms with E-state index in [9.17, 15) is 0 Å². The second-order valence-corrected chi connectivity index (χ2v) is 2.55. The van der Waals surface area contributed by atoms with Crippen molar-refractivity contribution in [2.24, 2.45) is 0 Å². The standard InChI is InChI=1S/C7H14NO/c1-6(8-2)7-4-3-5-9-7/h6-7H,3-5H2,1-2H3/q-1. The Kier molecular flexibility index (Phi) is 2.49. The maximum atomic E-state index is 5.41. The molecule has 2 heteroatoms. The number of ether oxygens (including phenoxy) is 1. The van der Waals surface area contributed by atoms with E-state index in [-0.39, 0.29) is 0 Å². The smallest absolute Gasteiger partial charge is 0.0470 e. The minimum absolute atomic E-state index is 0.396. The molecule has 54 valence electrons. The molecule has 0 aromatic carbocycles. The lowest BCUT2D eigenvalue weighted by Crippen LogP contribution is -2.20. The van der Waals surface area contributed by atoms with Crippen molar-refractivity contribution in [1.82, 2.24) is 0 Å². The van der Waals surface area contributed by atoms with E-state index in [1.54, 1.807) is 0 Å². The second kappa shape index (κ2) is 3.18. The van der Waals surface area contributed by atoms with Gasteiger partial charge in [0, 0.05) is 12.7 Å². The van der Waals surface area contributed by atoms with Gasteiger partial charge in [-0.15, -0.1) is 6.04 Å². The molecule has 1 aliphatic heterocycles. The molecule has 0 N–H and O–H groups in total. The Balaban J connectivity index is 2.24. The SMILES string of the molecule is C[N-]C(C)C1CCCO1. The average molecular weight is 128 g/mol. The van der Waals surface area contributed by atoms with Gasteiger partial charge >= 0.3 is 0 Å². The van der Waals surface area contributed by atoms with Crippen LogP contribution in [-0.2, 0) is 4.74 Å². The molecular weight excluding hydrogens is 114 g/mol. The highest BCUT2D eigenvalue weighted by Crippen LogP contribution is 2.18. The van der Waals surface area contributed by atoms with Gasteiger partial charge in [0.2, 0.25) is 0 Å². The molecule has 0 aliphatic carbocycles. The predicted octanol–water partition coefficient (Wildman–Crippen LogP) is 1.56. The molecule has 0 saturated carbocycles. The van der Waals surface area contributed by atoms with E-state index in [1.807, 2.05) is 7.05 Å². The molecule has 2 nitrogen and oxygen atoms in total. The zero-order valence-corrected chi connectivity index (χ0v) is 6.13. The van der Waals surface area contributed by atoms with Gasteiger partial charge in [-0.1, -0.05) is 6.92 Å². The first-order chi connectivity index (χ1) is 4.34. The summed E-state index contributed by atoms with van der Waals surface area (Å²) in [6.45, 7) is 3.04. The van der Waals surface area contributed by atoms with E-state index in [0.29, 0.717) is 12.1 Å². The molecule has 1 heterocycles. The summed E-state index contributed by atoms with van der Waals surface area (Å²) in [5.74, 6) is 0. The summed E-state index contributed by atoms with van der Waals surface area (Å²) in [6, 6.07) is 0.396. The van der Waals surface area contributed by atoms with Crippen LogP contribution in [0, 0.1) is 0 Å². The monoisotopic (exact) mass is 128 g/mol. The highest BCUT2D eigenvalue weighted by atomic mass is 16.5. The maximum Gasteiger partial charge on any atom is 0.0470 e. The molecule has 1 rings (SSSR count). The van der Waals surface area contributed by atoms with E-state index in [4.69, 9.17) is 4.74 Å². The highest BCUT2D eigenvalue weighted by Gasteiger charge is 2.15. The zero-order valence-electron chi connectivity index (χ0n) is 6.13. The summed E-state index contributed by atoms with van der Waals surface area (Å²) in [4.78, 5) is 0. The van der Waals surface area contributed by atoms with Crippen molar-refractivity contribution < 1.29 is 4.74 Å². The van der Waals surface area contributed by atoms with Crippen LogP contribution in [0.4, 0.5) is 0 Å². The molecule has 0 radical (unpaired) electrons. The van der Waals surface area contributed by atoms with Crippen LogP contribution in [0.15, 0.2) is 0 Å². The highest BCUT2D eigenvalue weighted by molar-refractivity contribution is 4.90. The fraction of sp³-hybridized carbons (Fsp3) is 1.00. The van der Waals surface area contributed by atoms with Crippen LogP contribution in [0.25, 0.3) is 5.32 Å². The van der Waals surface area contributed by atoms with E-state index >= 15 is 0 Å². The summed E-state index contributed by atoms with van der Waals surface area (Å²) in [7, 11) is 1.85. The molecule has 0 aromatic heterocycles. The Morgan fingerprint density at radius 1 is 1.67 bits per heavy atom. The zero-order chi connectivity index (χ0) is 6.69. The topological polar surface area (TPSA) is 23.3 Å². The lowest BCUT2D eigenvalue weighted by atomic mass is 10.1. The molecule has 9 heavy (non-hydrogen) atoms. The normalized spacial score (nSPS) is 30.7. The molecular formula is C7H14NO-. The molecule has 0 spiro atoms. The van der Waals surface area contributed by atoms with Crippen LogP contribution in [0.5, 0.6) is 0 Å². The third-order valence-corrected chi connectivity index (χ3v) is 1.91. The number of hydrogen-bond donors (Lipinski definition) is 0. The summed E-state index contributed by atoms with van der Waals surface area (Å²) in [5.41, 5.74) is 0. The molecule has 0 bridgehead atoms. The number of rotatable bonds is 2. The van der Waals surface area contributed by atoms with Gasteiger partial charge < -0.3 is 10.1 Å². The Hall–Kier alpha value is -0.0800. The third-order valence-electron chi connectivity index (χ3n) is 1.91. The van der Waals surface area contributed by atoms with Crippen LogP contribution >= 0.6 is 0 Å². The van der Waals surface area contributed by atoms with Crippen molar-refractivity contribution in [1.29, 1.82) is 0 Å².